The smallest absolute Gasteiger partial charge is 0.124 e. The Morgan fingerprint density at radius 3 is 2.61 bits per heavy atom. The van der Waals surface area contributed by atoms with Crippen LogP contribution in [0, 0.1) is 0 Å². The summed E-state index contributed by atoms with van der Waals surface area (Å²) in [6, 6.07) is 6.52. The molecule has 0 radical (unpaired) electrons. The topological polar surface area (TPSA) is 30.5 Å². The molecule has 18 heavy (non-hydrogen) atoms. The van der Waals surface area contributed by atoms with E-state index in [0.717, 1.165) is 22.3 Å². The summed E-state index contributed by atoms with van der Waals surface area (Å²) in [5.41, 5.74) is 1.15. The minimum Gasteiger partial charge on any atom is -0.491 e. The molecule has 1 rings (SSSR count). The van der Waals surface area contributed by atoms with Gasteiger partial charge in [0.15, 0.2) is 0 Å². The third kappa shape index (κ3) is 5.38. The maximum absolute atomic E-state index is 5.79. The monoisotopic (exact) mass is 315 g/mol. The number of hydrogen-bond donors (Lipinski definition) is 1. The van der Waals surface area contributed by atoms with Crippen LogP contribution >= 0.6 is 15.9 Å². The van der Waals surface area contributed by atoms with Gasteiger partial charge in [0, 0.05) is 29.7 Å². The fourth-order valence-corrected chi connectivity index (χ4v) is 1.82. The van der Waals surface area contributed by atoms with E-state index in [-0.39, 0.29) is 6.10 Å². The van der Waals surface area contributed by atoms with E-state index >= 15 is 0 Å². The minimum atomic E-state index is 0.0968. The minimum absolute atomic E-state index is 0.0968. The highest BCUT2D eigenvalue weighted by Gasteiger charge is 2.07. The number of ether oxygens (including phenoxy) is 2. The van der Waals surface area contributed by atoms with E-state index in [1.165, 1.54) is 0 Å². The molecule has 1 aromatic carbocycles. The van der Waals surface area contributed by atoms with Gasteiger partial charge >= 0.3 is 0 Å². The Balaban J connectivity index is 2.69. The lowest BCUT2D eigenvalue weighted by atomic mass is 10.2. The standard InChI is InChI=1S/C14H22BrNO2/c1-10(2)16-8-12-7-13(15)5-6-14(12)18-9-11(3)17-4/h5-7,10-11,16H,8-9H2,1-4H3. The van der Waals surface area contributed by atoms with E-state index in [9.17, 15) is 0 Å². The highest BCUT2D eigenvalue weighted by atomic mass is 79.9. The fourth-order valence-electron chi connectivity index (χ4n) is 1.42. The summed E-state index contributed by atoms with van der Waals surface area (Å²) in [6.07, 6.45) is 0.0968. The second-order valence-corrected chi connectivity index (χ2v) is 5.56. The van der Waals surface area contributed by atoms with Crippen molar-refractivity contribution in [1.29, 1.82) is 0 Å². The Labute approximate surface area is 118 Å². The van der Waals surface area contributed by atoms with Gasteiger partial charge in [0.1, 0.15) is 12.4 Å². The van der Waals surface area contributed by atoms with Crippen molar-refractivity contribution in [2.45, 2.75) is 39.5 Å². The first-order valence-electron chi connectivity index (χ1n) is 6.20. The molecule has 4 heteroatoms. The van der Waals surface area contributed by atoms with Crippen LogP contribution in [0.15, 0.2) is 22.7 Å². The largest absolute Gasteiger partial charge is 0.491 e. The van der Waals surface area contributed by atoms with Crippen molar-refractivity contribution >= 4 is 15.9 Å². The van der Waals surface area contributed by atoms with Gasteiger partial charge in [-0.2, -0.15) is 0 Å². The number of rotatable bonds is 7. The highest BCUT2D eigenvalue weighted by Crippen LogP contribution is 2.23. The molecule has 0 amide bonds. The maximum atomic E-state index is 5.79. The van der Waals surface area contributed by atoms with E-state index in [1.54, 1.807) is 7.11 Å². The van der Waals surface area contributed by atoms with Gasteiger partial charge in [-0.05, 0) is 25.1 Å². The van der Waals surface area contributed by atoms with E-state index < -0.39 is 0 Å². The van der Waals surface area contributed by atoms with Crippen LogP contribution in [0.25, 0.3) is 0 Å². The first kappa shape index (κ1) is 15.5. The van der Waals surface area contributed by atoms with Crippen LogP contribution in [0.1, 0.15) is 26.3 Å². The van der Waals surface area contributed by atoms with Crippen LogP contribution in [0.2, 0.25) is 0 Å². The maximum Gasteiger partial charge on any atom is 0.124 e. The lowest BCUT2D eigenvalue weighted by Crippen LogP contribution is -2.23. The molecule has 3 nitrogen and oxygen atoms in total. The number of nitrogens with one attached hydrogen (secondary N) is 1. The number of hydrogen-bond acceptors (Lipinski definition) is 3. The van der Waals surface area contributed by atoms with Gasteiger partial charge in [-0.25, -0.2) is 0 Å². The molecule has 0 fully saturated rings. The first-order valence-corrected chi connectivity index (χ1v) is 6.99. The molecule has 0 heterocycles. The molecule has 0 aliphatic heterocycles. The van der Waals surface area contributed by atoms with Crippen LogP contribution in [0.4, 0.5) is 0 Å². The summed E-state index contributed by atoms with van der Waals surface area (Å²) in [5, 5.41) is 3.40. The van der Waals surface area contributed by atoms with Gasteiger partial charge in [0.05, 0.1) is 6.10 Å². The molecule has 0 saturated carbocycles. The third-order valence-electron chi connectivity index (χ3n) is 2.60. The molecule has 1 atom stereocenters. The summed E-state index contributed by atoms with van der Waals surface area (Å²) < 4.78 is 12.0. The molecule has 0 bridgehead atoms. The zero-order valence-electron chi connectivity index (χ0n) is 11.5. The molecule has 0 aliphatic rings. The van der Waals surface area contributed by atoms with E-state index in [1.807, 2.05) is 19.1 Å². The molecular weight excluding hydrogens is 294 g/mol. The van der Waals surface area contributed by atoms with E-state index in [4.69, 9.17) is 9.47 Å². The molecule has 1 unspecified atom stereocenters. The predicted molar refractivity (Wildman–Crippen MR) is 78.1 cm³/mol. The number of halogens is 1. The summed E-state index contributed by atoms with van der Waals surface area (Å²) in [6.45, 7) is 7.61. The van der Waals surface area contributed by atoms with Gasteiger partial charge in [-0.3, -0.25) is 0 Å². The normalized spacial score (nSPS) is 12.8. The highest BCUT2D eigenvalue weighted by molar-refractivity contribution is 9.10. The summed E-state index contributed by atoms with van der Waals surface area (Å²) in [7, 11) is 1.69. The molecule has 1 N–H and O–H groups in total. The van der Waals surface area contributed by atoms with Gasteiger partial charge in [0.25, 0.3) is 0 Å². The van der Waals surface area contributed by atoms with Crippen LogP contribution in [0.5, 0.6) is 5.75 Å². The van der Waals surface area contributed by atoms with Crippen molar-refractivity contribution in [3.8, 4) is 5.75 Å². The van der Waals surface area contributed by atoms with Crippen molar-refractivity contribution in [1.82, 2.24) is 5.32 Å². The van der Waals surface area contributed by atoms with Crippen molar-refractivity contribution < 1.29 is 9.47 Å². The number of methoxy groups -OCH3 is 1. The second-order valence-electron chi connectivity index (χ2n) is 4.64. The van der Waals surface area contributed by atoms with Gasteiger partial charge in [0.2, 0.25) is 0 Å². The SMILES string of the molecule is COC(C)COc1ccc(Br)cc1CNC(C)C. The molecule has 0 saturated heterocycles. The Kier molecular flexibility index (Phi) is 6.68. The van der Waals surface area contributed by atoms with Crippen molar-refractivity contribution in [3.63, 3.8) is 0 Å². The van der Waals surface area contributed by atoms with Gasteiger partial charge in [-0.15, -0.1) is 0 Å². The molecule has 102 valence electrons. The van der Waals surface area contributed by atoms with Crippen LogP contribution < -0.4 is 10.1 Å². The van der Waals surface area contributed by atoms with E-state index in [2.05, 4.69) is 41.2 Å². The predicted octanol–water partition coefficient (Wildman–Crippen LogP) is 3.36. The Morgan fingerprint density at radius 1 is 1.28 bits per heavy atom. The van der Waals surface area contributed by atoms with Crippen LogP contribution in [0.3, 0.4) is 0 Å². The van der Waals surface area contributed by atoms with Crippen molar-refractivity contribution in [2.75, 3.05) is 13.7 Å². The quantitative estimate of drug-likeness (QED) is 0.837. The second kappa shape index (κ2) is 7.77. The fraction of sp³-hybridized carbons (Fsp3) is 0.571. The summed E-state index contributed by atoms with van der Waals surface area (Å²) in [4.78, 5) is 0. The Hall–Kier alpha value is -0.580. The zero-order valence-corrected chi connectivity index (χ0v) is 13.1. The van der Waals surface area contributed by atoms with Gasteiger partial charge < -0.3 is 14.8 Å². The summed E-state index contributed by atoms with van der Waals surface area (Å²) >= 11 is 3.49. The third-order valence-corrected chi connectivity index (χ3v) is 3.09. The molecule has 0 aliphatic carbocycles. The molecule has 0 spiro atoms. The van der Waals surface area contributed by atoms with E-state index in [0.29, 0.717) is 12.6 Å². The van der Waals surface area contributed by atoms with Crippen molar-refractivity contribution in [2.24, 2.45) is 0 Å². The van der Waals surface area contributed by atoms with Gasteiger partial charge in [-0.1, -0.05) is 29.8 Å². The average Bonchev–Trinajstić information content (AvgIpc) is 2.34. The lowest BCUT2D eigenvalue weighted by Gasteiger charge is -2.16. The average molecular weight is 316 g/mol. The molecule has 1 aromatic rings. The number of benzene rings is 1. The lowest BCUT2D eigenvalue weighted by molar-refractivity contribution is 0.0712. The Morgan fingerprint density at radius 2 is 2.00 bits per heavy atom. The molecular formula is C14H22BrNO2. The van der Waals surface area contributed by atoms with Crippen molar-refractivity contribution in [3.05, 3.63) is 28.2 Å². The zero-order chi connectivity index (χ0) is 13.5. The van der Waals surface area contributed by atoms with Crippen LogP contribution in [-0.2, 0) is 11.3 Å². The molecule has 0 aromatic heterocycles. The summed E-state index contributed by atoms with van der Waals surface area (Å²) in [5.74, 6) is 0.912. The van der Waals surface area contributed by atoms with Crippen LogP contribution in [-0.4, -0.2) is 25.9 Å². The first-order chi connectivity index (χ1) is 8.52. The Bertz CT molecular complexity index is 369.